The molecule has 2 aliphatic heterocycles. The minimum Gasteiger partial charge on any atom is -0.350 e. The number of aryl methyl sites for hydroxylation is 1. The number of piperazine rings is 1. The molecule has 1 amide bonds. The highest BCUT2D eigenvalue weighted by molar-refractivity contribution is 7.99. The maximum atomic E-state index is 13.5. The lowest BCUT2D eigenvalue weighted by Crippen LogP contribution is -2.54. The van der Waals surface area contributed by atoms with E-state index in [-0.39, 0.29) is 23.5 Å². The van der Waals surface area contributed by atoms with Gasteiger partial charge in [0, 0.05) is 53.8 Å². The highest BCUT2D eigenvalue weighted by atomic mass is 35.5. The fourth-order valence-corrected chi connectivity index (χ4v) is 6.23. The van der Waals surface area contributed by atoms with Crippen LogP contribution in [0.1, 0.15) is 6.92 Å². The highest BCUT2D eigenvalue weighted by Crippen LogP contribution is 2.45. The molecular formula is C24H22ClFN4O2S. The first-order valence-corrected chi connectivity index (χ1v) is 12.1. The Morgan fingerprint density at radius 1 is 1.27 bits per heavy atom. The minimum atomic E-state index is -0.316. The molecule has 170 valence electrons. The first-order valence-electron chi connectivity index (χ1n) is 10.7. The van der Waals surface area contributed by atoms with Gasteiger partial charge in [0.2, 0.25) is 5.91 Å². The van der Waals surface area contributed by atoms with E-state index < -0.39 is 0 Å². The van der Waals surface area contributed by atoms with Gasteiger partial charge in [0.15, 0.2) is 0 Å². The van der Waals surface area contributed by atoms with Crippen LogP contribution >= 0.6 is 23.4 Å². The highest BCUT2D eigenvalue weighted by Gasteiger charge is 2.31. The summed E-state index contributed by atoms with van der Waals surface area (Å²) in [6.45, 7) is 7.72. The number of hydrogen-bond donors (Lipinski definition) is 0. The monoisotopic (exact) mass is 484 g/mol. The Bertz CT molecular complexity index is 1340. The number of thioether (sulfide) groups is 1. The lowest BCUT2D eigenvalue weighted by Gasteiger charge is -2.40. The minimum absolute atomic E-state index is 0.0387. The number of anilines is 1. The summed E-state index contributed by atoms with van der Waals surface area (Å²) in [4.78, 5) is 34.3. The summed E-state index contributed by atoms with van der Waals surface area (Å²) < 4.78 is 15.2. The molecule has 6 nitrogen and oxygen atoms in total. The molecule has 3 aromatic rings. The second-order valence-electron chi connectivity index (χ2n) is 8.21. The van der Waals surface area contributed by atoms with Crippen LogP contribution in [0.5, 0.6) is 0 Å². The van der Waals surface area contributed by atoms with Gasteiger partial charge in [-0.2, -0.15) is 4.98 Å². The van der Waals surface area contributed by atoms with Crippen LogP contribution in [-0.4, -0.2) is 51.8 Å². The van der Waals surface area contributed by atoms with Crippen LogP contribution in [0.25, 0.3) is 22.0 Å². The van der Waals surface area contributed by atoms with E-state index in [1.54, 1.807) is 33.4 Å². The number of rotatable bonds is 3. The Morgan fingerprint density at radius 2 is 2.03 bits per heavy atom. The molecule has 5 rings (SSSR count). The quantitative estimate of drug-likeness (QED) is 0.522. The predicted octanol–water partition coefficient (Wildman–Crippen LogP) is 4.18. The van der Waals surface area contributed by atoms with E-state index >= 15 is 0 Å². The van der Waals surface area contributed by atoms with E-state index in [2.05, 4.69) is 16.5 Å². The van der Waals surface area contributed by atoms with Gasteiger partial charge in [0.25, 0.3) is 0 Å². The molecule has 0 spiro atoms. The molecule has 3 heterocycles. The van der Waals surface area contributed by atoms with Crippen molar-refractivity contribution >= 4 is 46.0 Å². The van der Waals surface area contributed by atoms with Crippen LogP contribution in [0.3, 0.4) is 0 Å². The van der Waals surface area contributed by atoms with Crippen molar-refractivity contribution < 1.29 is 9.18 Å². The van der Waals surface area contributed by atoms with Gasteiger partial charge in [-0.05, 0) is 36.8 Å². The van der Waals surface area contributed by atoms with E-state index in [4.69, 9.17) is 11.6 Å². The van der Waals surface area contributed by atoms with Crippen molar-refractivity contribution in [2.45, 2.75) is 24.4 Å². The fraction of sp³-hybridized carbons (Fsp3) is 0.292. The lowest BCUT2D eigenvalue weighted by molar-refractivity contribution is -0.126. The van der Waals surface area contributed by atoms with Gasteiger partial charge in [0.05, 0.1) is 10.5 Å². The second kappa shape index (κ2) is 8.50. The third kappa shape index (κ3) is 3.71. The van der Waals surface area contributed by atoms with Crippen molar-refractivity contribution in [3.05, 3.63) is 64.3 Å². The Kier molecular flexibility index (Phi) is 5.66. The lowest BCUT2D eigenvalue weighted by atomic mass is 10.0. The molecular weight excluding hydrogens is 463 g/mol. The number of hydrogen-bond acceptors (Lipinski definition) is 5. The maximum Gasteiger partial charge on any atom is 0.350 e. The number of halogens is 2. The molecule has 2 aliphatic rings. The smallest absolute Gasteiger partial charge is 0.350 e. The Balaban J connectivity index is 1.69. The summed E-state index contributed by atoms with van der Waals surface area (Å²) in [5, 5.41) is 1.34. The van der Waals surface area contributed by atoms with Crippen LogP contribution in [-0.2, 0) is 11.3 Å². The Morgan fingerprint density at radius 3 is 2.73 bits per heavy atom. The van der Waals surface area contributed by atoms with Gasteiger partial charge >= 0.3 is 5.69 Å². The molecule has 0 aliphatic carbocycles. The Hall–Kier alpha value is -2.84. The summed E-state index contributed by atoms with van der Waals surface area (Å²) in [5.41, 5.74) is 2.11. The zero-order chi connectivity index (χ0) is 23.3. The molecule has 1 atom stereocenters. The topological polar surface area (TPSA) is 58.4 Å². The average Bonchev–Trinajstić information content (AvgIpc) is 2.81. The van der Waals surface area contributed by atoms with Crippen molar-refractivity contribution in [1.82, 2.24) is 14.5 Å². The Labute approximate surface area is 199 Å². The molecule has 33 heavy (non-hydrogen) atoms. The molecule has 0 bridgehead atoms. The molecule has 1 aromatic heterocycles. The van der Waals surface area contributed by atoms with Crippen molar-refractivity contribution in [3.8, 4) is 11.1 Å². The number of carbonyl (C=O) groups is 1. The van der Waals surface area contributed by atoms with E-state index in [1.165, 1.54) is 18.2 Å². The molecule has 0 saturated carbocycles. The summed E-state index contributed by atoms with van der Waals surface area (Å²) in [7, 11) is 0. The van der Waals surface area contributed by atoms with E-state index in [1.807, 2.05) is 13.0 Å². The van der Waals surface area contributed by atoms with Gasteiger partial charge in [-0.25, -0.2) is 9.18 Å². The largest absolute Gasteiger partial charge is 0.350 e. The van der Waals surface area contributed by atoms with Crippen LogP contribution < -0.4 is 10.6 Å². The summed E-state index contributed by atoms with van der Waals surface area (Å²) in [6.07, 6.45) is 1.32. The summed E-state index contributed by atoms with van der Waals surface area (Å²) >= 11 is 8.45. The molecule has 9 heteroatoms. The van der Waals surface area contributed by atoms with Crippen molar-refractivity contribution in [3.63, 3.8) is 0 Å². The molecule has 1 fully saturated rings. The number of nitrogens with zero attached hydrogens (tertiary/aromatic N) is 4. The van der Waals surface area contributed by atoms with Crippen LogP contribution in [0.2, 0.25) is 5.02 Å². The molecule has 1 saturated heterocycles. The predicted molar refractivity (Wildman–Crippen MR) is 131 cm³/mol. The van der Waals surface area contributed by atoms with Gasteiger partial charge in [-0.15, -0.1) is 11.8 Å². The van der Waals surface area contributed by atoms with E-state index in [9.17, 15) is 14.0 Å². The van der Waals surface area contributed by atoms with Gasteiger partial charge in [-0.3, -0.25) is 9.36 Å². The molecule has 0 unspecified atom stereocenters. The van der Waals surface area contributed by atoms with Crippen molar-refractivity contribution in [2.24, 2.45) is 0 Å². The number of amides is 1. The molecule has 0 N–H and O–H groups in total. The van der Waals surface area contributed by atoms with Gasteiger partial charge in [-0.1, -0.05) is 30.3 Å². The molecule has 2 aromatic carbocycles. The summed E-state index contributed by atoms with van der Waals surface area (Å²) in [6, 6.07) is 8.05. The van der Waals surface area contributed by atoms with E-state index in [0.717, 1.165) is 32.7 Å². The van der Waals surface area contributed by atoms with Crippen LogP contribution in [0.4, 0.5) is 10.2 Å². The fourth-order valence-electron chi connectivity index (χ4n) is 4.65. The third-order valence-corrected chi connectivity index (χ3v) is 7.60. The number of aromatic nitrogens is 2. The maximum absolute atomic E-state index is 13.5. The SMILES string of the molecule is C=CC(=O)N1CCN(c2nc(=O)n3c4c(c(-c5ccc(F)cc5)c(Cl)cc24)SCC3)[C@@H](C)C1. The first-order chi connectivity index (χ1) is 15.9. The zero-order valence-electron chi connectivity index (χ0n) is 18.1. The molecule has 0 radical (unpaired) electrons. The second-order valence-corrected chi connectivity index (χ2v) is 9.73. The van der Waals surface area contributed by atoms with Crippen molar-refractivity contribution in [2.75, 3.05) is 30.3 Å². The van der Waals surface area contributed by atoms with Gasteiger partial charge in [0.1, 0.15) is 11.6 Å². The first kappa shape index (κ1) is 22.0. The third-order valence-electron chi connectivity index (χ3n) is 6.23. The van der Waals surface area contributed by atoms with Crippen LogP contribution in [0, 0.1) is 5.82 Å². The number of benzene rings is 2. The number of carbonyl (C=O) groups excluding carboxylic acids is 1. The zero-order valence-corrected chi connectivity index (χ0v) is 19.6. The van der Waals surface area contributed by atoms with Gasteiger partial charge < -0.3 is 9.80 Å². The normalized spacial score (nSPS) is 18.0. The average molecular weight is 485 g/mol. The van der Waals surface area contributed by atoms with Crippen LogP contribution in [0.15, 0.2) is 52.7 Å². The summed E-state index contributed by atoms with van der Waals surface area (Å²) in [5.74, 6) is 0.884. The standard InChI is InChI=1S/C24H22ClFN4O2S/c1-3-19(31)28-8-9-29(14(2)13-28)23-17-12-18(25)20(15-4-6-16(26)7-5-15)22-21(17)30(10-11-33-22)24(32)27-23/h3-7,12,14H,1,8-11,13H2,2H3/t14-/m0/s1. The van der Waals surface area contributed by atoms with E-state index in [0.29, 0.717) is 37.0 Å². The van der Waals surface area contributed by atoms with Crippen molar-refractivity contribution in [1.29, 1.82) is 0 Å².